The lowest BCUT2D eigenvalue weighted by Crippen LogP contribution is -2.40. The third kappa shape index (κ3) is 4.85. The zero-order valence-corrected chi connectivity index (χ0v) is 19.0. The molecule has 8 heteroatoms. The number of para-hydroxylation sites is 1. The van der Waals surface area contributed by atoms with Crippen LogP contribution < -0.4 is 20.7 Å². The predicted molar refractivity (Wildman–Crippen MR) is 126 cm³/mol. The van der Waals surface area contributed by atoms with E-state index in [1.165, 1.54) is 0 Å². The molecule has 174 valence electrons. The Morgan fingerprint density at radius 3 is 2.76 bits per heavy atom. The van der Waals surface area contributed by atoms with Crippen LogP contribution in [-0.2, 0) is 20.9 Å². The number of nitrogens with one attached hydrogen (secondary N) is 1. The molecule has 2 fully saturated rings. The molecule has 0 spiro atoms. The van der Waals surface area contributed by atoms with Crippen molar-refractivity contribution in [3.63, 3.8) is 0 Å². The van der Waals surface area contributed by atoms with Gasteiger partial charge >= 0.3 is 0 Å². The Kier molecular flexibility index (Phi) is 6.65. The first kappa shape index (κ1) is 22.8. The maximum absolute atomic E-state index is 13.1. The van der Waals surface area contributed by atoms with Crippen molar-refractivity contribution >= 4 is 29.1 Å². The number of methoxy groups -OCH3 is 1. The van der Waals surface area contributed by atoms with Gasteiger partial charge in [0.25, 0.3) is 0 Å². The second-order valence-electron chi connectivity index (χ2n) is 8.76. The van der Waals surface area contributed by atoms with Crippen molar-refractivity contribution in [3.8, 4) is 5.75 Å². The van der Waals surface area contributed by atoms with Crippen LogP contribution in [0.5, 0.6) is 5.75 Å². The van der Waals surface area contributed by atoms with Gasteiger partial charge in [0.2, 0.25) is 17.7 Å². The van der Waals surface area contributed by atoms with Crippen LogP contribution in [0, 0.1) is 12.8 Å². The van der Waals surface area contributed by atoms with Crippen LogP contribution in [0.15, 0.2) is 42.5 Å². The van der Waals surface area contributed by atoms with Gasteiger partial charge in [-0.05, 0) is 55.6 Å². The standard InChI is InChI=1S/C25H30N4O4/c1-16-9-10-22(33-2)21(12-16)29-15-18(13-23(29)30)25(32)27-19-7-4-3-6-17(19)14-28-11-5-8-20(28)24(26)31/h3-4,6-7,9-10,12,18,20H,5,8,11,13-15H2,1-2H3,(H2,26,31)(H,27,32). The summed E-state index contributed by atoms with van der Waals surface area (Å²) in [6.45, 7) is 3.57. The molecule has 8 nitrogen and oxygen atoms in total. The summed E-state index contributed by atoms with van der Waals surface area (Å²) in [6.07, 6.45) is 1.82. The smallest absolute Gasteiger partial charge is 0.234 e. The van der Waals surface area contributed by atoms with E-state index in [1.807, 2.05) is 49.4 Å². The first-order valence-corrected chi connectivity index (χ1v) is 11.2. The molecule has 0 saturated carbocycles. The summed E-state index contributed by atoms with van der Waals surface area (Å²) < 4.78 is 5.42. The van der Waals surface area contributed by atoms with Crippen LogP contribution in [0.25, 0.3) is 0 Å². The lowest BCUT2D eigenvalue weighted by molar-refractivity contribution is -0.122. The zero-order valence-electron chi connectivity index (χ0n) is 19.0. The topological polar surface area (TPSA) is 105 Å². The minimum Gasteiger partial charge on any atom is -0.495 e. The molecule has 0 aliphatic carbocycles. The van der Waals surface area contributed by atoms with Crippen molar-refractivity contribution in [1.82, 2.24) is 4.90 Å². The molecule has 0 bridgehead atoms. The number of amides is 3. The second kappa shape index (κ2) is 9.62. The average Bonchev–Trinajstić information content (AvgIpc) is 3.41. The van der Waals surface area contributed by atoms with Gasteiger partial charge in [-0.3, -0.25) is 19.3 Å². The molecule has 2 aromatic carbocycles. The van der Waals surface area contributed by atoms with E-state index in [2.05, 4.69) is 10.2 Å². The number of carbonyl (C=O) groups is 3. The molecule has 33 heavy (non-hydrogen) atoms. The highest BCUT2D eigenvalue weighted by Crippen LogP contribution is 2.34. The van der Waals surface area contributed by atoms with Gasteiger partial charge in [-0.1, -0.05) is 24.3 Å². The fourth-order valence-corrected chi connectivity index (χ4v) is 4.70. The quantitative estimate of drug-likeness (QED) is 0.674. The van der Waals surface area contributed by atoms with Crippen LogP contribution in [0.4, 0.5) is 11.4 Å². The highest BCUT2D eigenvalue weighted by Gasteiger charge is 2.37. The van der Waals surface area contributed by atoms with Gasteiger partial charge in [0.1, 0.15) is 5.75 Å². The van der Waals surface area contributed by atoms with Crippen LogP contribution >= 0.6 is 0 Å². The number of aryl methyl sites for hydroxylation is 1. The van der Waals surface area contributed by atoms with Crippen molar-refractivity contribution in [3.05, 3.63) is 53.6 Å². The predicted octanol–water partition coefficient (Wildman–Crippen LogP) is 2.44. The largest absolute Gasteiger partial charge is 0.495 e. The molecular formula is C25H30N4O4. The number of hydrogen-bond acceptors (Lipinski definition) is 5. The lowest BCUT2D eigenvalue weighted by Gasteiger charge is -2.23. The number of primary amides is 1. The minimum absolute atomic E-state index is 0.103. The normalized spacial score (nSPS) is 20.8. The number of likely N-dealkylation sites (tertiary alicyclic amines) is 1. The lowest BCUT2D eigenvalue weighted by atomic mass is 10.1. The van der Waals surface area contributed by atoms with Crippen molar-refractivity contribution in [2.24, 2.45) is 11.7 Å². The Labute approximate surface area is 193 Å². The summed E-state index contributed by atoms with van der Waals surface area (Å²) >= 11 is 0. The van der Waals surface area contributed by atoms with E-state index in [0.29, 0.717) is 30.2 Å². The molecule has 2 heterocycles. The Morgan fingerprint density at radius 2 is 2.00 bits per heavy atom. The van der Waals surface area contributed by atoms with Gasteiger partial charge < -0.3 is 20.7 Å². The second-order valence-corrected chi connectivity index (χ2v) is 8.76. The number of ether oxygens (including phenoxy) is 1. The highest BCUT2D eigenvalue weighted by atomic mass is 16.5. The molecule has 0 aromatic heterocycles. The summed E-state index contributed by atoms with van der Waals surface area (Å²) in [6, 6.07) is 12.9. The molecule has 2 unspecified atom stereocenters. The first-order valence-electron chi connectivity index (χ1n) is 11.2. The van der Waals surface area contributed by atoms with Crippen LogP contribution in [0.3, 0.4) is 0 Å². The van der Waals surface area contributed by atoms with E-state index >= 15 is 0 Å². The van der Waals surface area contributed by atoms with Gasteiger partial charge in [0, 0.05) is 25.2 Å². The maximum Gasteiger partial charge on any atom is 0.234 e. The van der Waals surface area contributed by atoms with E-state index in [-0.39, 0.29) is 30.2 Å². The van der Waals surface area contributed by atoms with Gasteiger partial charge in [0.15, 0.2) is 0 Å². The molecule has 3 N–H and O–H groups in total. The van der Waals surface area contributed by atoms with Gasteiger partial charge in [-0.2, -0.15) is 0 Å². The van der Waals surface area contributed by atoms with Gasteiger partial charge in [0.05, 0.1) is 24.8 Å². The summed E-state index contributed by atoms with van der Waals surface area (Å²) in [5, 5.41) is 3.01. The molecule has 2 aliphatic rings. The molecular weight excluding hydrogens is 420 g/mol. The molecule has 0 radical (unpaired) electrons. The molecule has 2 aromatic rings. The number of carbonyl (C=O) groups excluding carboxylic acids is 3. The Morgan fingerprint density at radius 1 is 1.21 bits per heavy atom. The van der Waals surface area contributed by atoms with E-state index in [9.17, 15) is 14.4 Å². The summed E-state index contributed by atoms with van der Waals surface area (Å²) in [4.78, 5) is 41.3. The van der Waals surface area contributed by atoms with E-state index in [0.717, 1.165) is 30.5 Å². The van der Waals surface area contributed by atoms with Crippen molar-refractivity contribution in [2.45, 2.75) is 38.8 Å². The summed E-state index contributed by atoms with van der Waals surface area (Å²) in [5.74, 6) is -0.479. The Bertz CT molecular complexity index is 1070. The van der Waals surface area contributed by atoms with Crippen molar-refractivity contribution < 1.29 is 19.1 Å². The van der Waals surface area contributed by atoms with Crippen molar-refractivity contribution in [1.29, 1.82) is 0 Å². The number of anilines is 2. The van der Waals surface area contributed by atoms with E-state index in [4.69, 9.17) is 10.5 Å². The number of hydrogen-bond donors (Lipinski definition) is 2. The number of rotatable bonds is 7. The fraction of sp³-hybridized carbons (Fsp3) is 0.400. The molecule has 2 aliphatic heterocycles. The Hall–Kier alpha value is -3.39. The third-order valence-electron chi connectivity index (χ3n) is 6.46. The van der Waals surface area contributed by atoms with Gasteiger partial charge in [-0.15, -0.1) is 0 Å². The Balaban J connectivity index is 1.47. The average molecular weight is 451 g/mol. The molecule has 2 atom stereocenters. The molecule has 3 amide bonds. The fourth-order valence-electron chi connectivity index (χ4n) is 4.70. The van der Waals surface area contributed by atoms with Gasteiger partial charge in [-0.25, -0.2) is 0 Å². The first-order chi connectivity index (χ1) is 15.9. The number of nitrogens with zero attached hydrogens (tertiary/aromatic N) is 2. The highest BCUT2D eigenvalue weighted by molar-refractivity contribution is 6.04. The summed E-state index contributed by atoms with van der Waals surface area (Å²) in [7, 11) is 1.57. The maximum atomic E-state index is 13.1. The summed E-state index contributed by atoms with van der Waals surface area (Å²) in [5.41, 5.74) is 8.86. The van der Waals surface area contributed by atoms with Crippen LogP contribution in [0.2, 0.25) is 0 Å². The molecule has 2 saturated heterocycles. The minimum atomic E-state index is -0.471. The van der Waals surface area contributed by atoms with Crippen LogP contribution in [0.1, 0.15) is 30.4 Å². The number of benzene rings is 2. The third-order valence-corrected chi connectivity index (χ3v) is 6.46. The molecule has 4 rings (SSSR count). The van der Waals surface area contributed by atoms with E-state index < -0.39 is 5.92 Å². The van der Waals surface area contributed by atoms with Crippen molar-refractivity contribution in [2.75, 3.05) is 30.4 Å². The monoisotopic (exact) mass is 450 g/mol. The van der Waals surface area contributed by atoms with E-state index in [1.54, 1.807) is 12.0 Å². The van der Waals surface area contributed by atoms with Crippen LogP contribution in [-0.4, -0.2) is 48.9 Å². The number of nitrogens with two attached hydrogens (primary N) is 1. The zero-order chi connectivity index (χ0) is 23.5. The SMILES string of the molecule is COc1ccc(C)cc1N1CC(C(=O)Nc2ccccc2CN2CCCC2C(N)=O)CC1=O.